The largest absolute Gasteiger partial charge is 0.481 e. The normalized spacial score (nSPS) is 19.9. The Balaban J connectivity index is 1.74. The molecule has 29 heavy (non-hydrogen) atoms. The number of nitrogens with one attached hydrogen (secondary N) is 1. The van der Waals surface area contributed by atoms with E-state index >= 15 is 0 Å². The molecule has 152 valence electrons. The average Bonchev–Trinajstić information content (AvgIpc) is 3.46. The molecular formula is C23H24F2N2O2. The highest BCUT2D eigenvalue weighted by atomic mass is 19.3. The molecule has 2 fully saturated rings. The van der Waals surface area contributed by atoms with E-state index in [4.69, 9.17) is 9.72 Å². The van der Waals surface area contributed by atoms with E-state index < -0.39 is 5.92 Å². The van der Waals surface area contributed by atoms with Gasteiger partial charge in [0.15, 0.2) is 0 Å². The second kappa shape index (κ2) is 7.58. The number of hydrogen-bond donors (Lipinski definition) is 1. The first-order valence-electron chi connectivity index (χ1n) is 9.90. The Bertz CT molecular complexity index is 944. The molecule has 4 nitrogen and oxygen atoms in total. The number of amides is 1. The first kappa shape index (κ1) is 19.6. The van der Waals surface area contributed by atoms with Gasteiger partial charge in [-0.1, -0.05) is 36.4 Å². The van der Waals surface area contributed by atoms with E-state index in [1.54, 1.807) is 19.2 Å². The third-order valence-corrected chi connectivity index (χ3v) is 5.48. The molecule has 1 aromatic carbocycles. The van der Waals surface area contributed by atoms with Crippen molar-refractivity contribution in [1.29, 1.82) is 0 Å². The fourth-order valence-corrected chi connectivity index (χ4v) is 3.71. The van der Waals surface area contributed by atoms with Crippen LogP contribution in [0.25, 0.3) is 5.57 Å². The number of methoxy groups -OCH3 is 1. The maximum absolute atomic E-state index is 13.6. The number of benzene rings is 1. The summed E-state index contributed by atoms with van der Waals surface area (Å²) in [6, 6.07) is 10.1. The molecule has 1 aromatic heterocycles. The summed E-state index contributed by atoms with van der Waals surface area (Å²) in [7, 11) is 1.61. The standard InChI is InChI=1S/C23H24F2N2O2/c1-23(24,25)16-7-5-15(6-8-16)19(13-17-9-12-21(28)26-17)20-11-10-18(14-3-4-14)22(27-20)29-2/h5-8,10-11,13-14,17H,3-4,9,12H2,1-2H3,(H,26,28)/b19-13-. The van der Waals surface area contributed by atoms with Crippen molar-refractivity contribution in [1.82, 2.24) is 10.3 Å². The van der Waals surface area contributed by atoms with Crippen molar-refractivity contribution in [3.63, 3.8) is 0 Å². The molecule has 1 atom stereocenters. The predicted molar refractivity (Wildman–Crippen MR) is 107 cm³/mol. The molecule has 0 bridgehead atoms. The summed E-state index contributed by atoms with van der Waals surface area (Å²) in [5.41, 5.74) is 3.33. The third kappa shape index (κ3) is 4.31. The zero-order chi connectivity index (χ0) is 20.6. The lowest BCUT2D eigenvalue weighted by Gasteiger charge is -2.16. The zero-order valence-corrected chi connectivity index (χ0v) is 16.5. The van der Waals surface area contributed by atoms with Crippen LogP contribution in [0.15, 0.2) is 42.5 Å². The van der Waals surface area contributed by atoms with Crippen LogP contribution in [0.4, 0.5) is 8.78 Å². The van der Waals surface area contributed by atoms with Crippen LogP contribution >= 0.6 is 0 Å². The molecule has 4 rings (SSSR count). The molecule has 0 spiro atoms. The number of carbonyl (C=O) groups excluding carboxylic acids is 1. The number of carbonyl (C=O) groups is 1. The van der Waals surface area contributed by atoms with Crippen LogP contribution in [0.3, 0.4) is 0 Å². The van der Waals surface area contributed by atoms with Gasteiger partial charge in [0.2, 0.25) is 11.8 Å². The lowest BCUT2D eigenvalue weighted by molar-refractivity contribution is -0.119. The summed E-state index contributed by atoms with van der Waals surface area (Å²) in [6.07, 6.45) is 5.42. The molecule has 1 unspecified atom stereocenters. The minimum atomic E-state index is -2.89. The smallest absolute Gasteiger partial charge is 0.270 e. The minimum absolute atomic E-state index is 0.0150. The number of halogens is 2. The van der Waals surface area contributed by atoms with Gasteiger partial charge in [0.1, 0.15) is 0 Å². The highest BCUT2D eigenvalue weighted by Crippen LogP contribution is 2.44. The molecule has 1 aliphatic carbocycles. The first-order chi connectivity index (χ1) is 13.8. The van der Waals surface area contributed by atoms with Gasteiger partial charge in [-0.15, -0.1) is 0 Å². The van der Waals surface area contributed by atoms with Crippen LogP contribution in [0.1, 0.15) is 60.9 Å². The molecule has 1 amide bonds. The lowest BCUT2D eigenvalue weighted by atomic mass is 9.96. The molecule has 1 saturated heterocycles. The molecule has 1 saturated carbocycles. The fraction of sp³-hybridized carbons (Fsp3) is 0.391. The number of alkyl halides is 2. The summed E-state index contributed by atoms with van der Waals surface area (Å²) < 4.78 is 32.7. The zero-order valence-electron chi connectivity index (χ0n) is 16.5. The van der Waals surface area contributed by atoms with Crippen LogP contribution in [0.5, 0.6) is 5.88 Å². The predicted octanol–water partition coefficient (Wildman–Crippen LogP) is 4.79. The number of rotatable bonds is 6. The van der Waals surface area contributed by atoms with Crippen LogP contribution in [0, 0.1) is 0 Å². The van der Waals surface area contributed by atoms with E-state index in [0.29, 0.717) is 30.3 Å². The van der Waals surface area contributed by atoms with Gasteiger partial charge in [-0.2, -0.15) is 0 Å². The number of hydrogen-bond acceptors (Lipinski definition) is 3. The van der Waals surface area contributed by atoms with Crippen molar-refractivity contribution in [2.24, 2.45) is 0 Å². The number of aromatic nitrogens is 1. The van der Waals surface area contributed by atoms with Gasteiger partial charge in [0.05, 0.1) is 12.8 Å². The van der Waals surface area contributed by atoms with Gasteiger partial charge in [-0.25, -0.2) is 13.8 Å². The van der Waals surface area contributed by atoms with E-state index in [1.165, 1.54) is 12.1 Å². The Morgan fingerprint density at radius 2 is 1.90 bits per heavy atom. The molecule has 1 N–H and O–H groups in total. The summed E-state index contributed by atoms with van der Waals surface area (Å²) >= 11 is 0. The monoisotopic (exact) mass is 398 g/mol. The van der Waals surface area contributed by atoms with Gasteiger partial charge in [-0.3, -0.25) is 4.79 Å². The number of nitrogens with zero attached hydrogens (tertiary/aromatic N) is 1. The van der Waals surface area contributed by atoms with E-state index in [1.807, 2.05) is 18.2 Å². The topological polar surface area (TPSA) is 51.2 Å². The molecule has 2 aromatic rings. The van der Waals surface area contributed by atoms with Crippen molar-refractivity contribution in [3.05, 3.63) is 64.9 Å². The number of pyridine rings is 1. The Morgan fingerprint density at radius 1 is 1.17 bits per heavy atom. The van der Waals surface area contributed by atoms with Crippen molar-refractivity contribution in [2.45, 2.75) is 50.5 Å². The quantitative estimate of drug-likeness (QED) is 0.761. The molecule has 1 aliphatic heterocycles. The Hall–Kier alpha value is -2.76. The molecule has 2 heterocycles. The van der Waals surface area contributed by atoms with Crippen LogP contribution in [-0.2, 0) is 10.7 Å². The molecule has 6 heteroatoms. The van der Waals surface area contributed by atoms with Gasteiger partial charge in [-0.05, 0) is 36.8 Å². The van der Waals surface area contributed by atoms with Gasteiger partial charge >= 0.3 is 0 Å². The Morgan fingerprint density at radius 3 is 2.45 bits per heavy atom. The second-order valence-electron chi connectivity index (χ2n) is 7.83. The van der Waals surface area contributed by atoms with Crippen LogP contribution in [0.2, 0.25) is 0 Å². The van der Waals surface area contributed by atoms with Crippen molar-refractivity contribution in [2.75, 3.05) is 7.11 Å². The van der Waals surface area contributed by atoms with E-state index in [-0.39, 0.29) is 17.5 Å². The van der Waals surface area contributed by atoms with E-state index in [9.17, 15) is 13.6 Å². The van der Waals surface area contributed by atoms with Crippen molar-refractivity contribution in [3.8, 4) is 5.88 Å². The van der Waals surface area contributed by atoms with Crippen LogP contribution in [-0.4, -0.2) is 24.0 Å². The van der Waals surface area contributed by atoms with Gasteiger partial charge < -0.3 is 10.1 Å². The maximum Gasteiger partial charge on any atom is 0.270 e. The molecule has 0 radical (unpaired) electrons. The summed E-state index contributed by atoms with van der Waals surface area (Å²) in [4.78, 5) is 16.3. The third-order valence-electron chi connectivity index (χ3n) is 5.48. The lowest BCUT2D eigenvalue weighted by Crippen LogP contribution is -2.23. The van der Waals surface area contributed by atoms with Crippen molar-refractivity contribution < 1.29 is 18.3 Å². The summed E-state index contributed by atoms with van der Waals surface area (Å²) in [5, 5.41) is 2.93. The fourth-order valence-electron chi connectivity index (χ4n) is 3.71. The average molecular weight is 398 g/mol. The highest BCUT2D eigenvalue weighted by Gasteiger charge is 2.29. The molecular weight excluding hydrogens is 374 g/mol. The highest BCUT2D eigenvalue weighted by molar-refractivity contribution is 5.82. The van der Waals surface area contributed by atoms with E-state index in [2.05, 4.69) is 5.32 Å². The SMILES string of the molecule is COc1nc(/C(=C\C2CCC(=O)N2)c2ccc(C(C)(F)F)cc2)ccc1C1CC1. The maximum atomic E-state index is 13.6. The Kier molecular flexibility index (Phi) is 5.11. The first-order valence-corrected chi connectivity index (χ1v) is 9.90. The molecule has 2 aliphatic rings. The minimum Gasteiger partial charge on any atom is -0.481 e. The Labute approximate surface area is 169 Å². The number of ether oxygens (including phenoxy) is 1. The van der Waals surface area contributed by atoms with E-state index in [0.717, 1.165) is 36.5 Å². The summed E-state index contributed by atoms with van der Waals surface area (Å²) in [5.74, 6) is -1.78. The van der Waals surface area contributed by atoms with Gasteiger partial charge in [0.25, 0.3) is 5.92 Å². The van der Waals surface area contributed by atoms with Crippen molar-refractivity contribution >= 4 is 11.5 Å². The second-order valence-corrected chi connectivity index (χ2v) is 7.83. The van der Waals surface area contributed by atoms with Crippen LogP contribution < -0.4 is 10.1 Å². The summed E-state index contributed by atoms with van der Waals surface area (Å²) in [6.45, 7) is 0.885. The van der Waals surface area contributed by atoms with Gasteiger partial charge in [0, 0.05) is 36.1 Å².